The number of rotatable bonds is 7. The zero-order chi connectivity index (χ0) is 17.6. The van der Waals surface area contributed by atoms with Gasteiger partial charge in [0.25, 0.3) is 0 Å². The highest BCUT2D eigenvalue weighted by molar-refractivity contribution is 5.78. The fourth-order valence-corrected chi connectivity index (χ4v) is 4.15. The fourth-order valence-electron chi connectivity index (χ4n) is 4.15. The Morgan fingerprint density at radius 1 is 1.24 bits per heavy atom. The molecule has 6 nitrogen and oxygen atoms in total. The third-order valence-electron chi connectivity index (χ3n) is 5.49. The molecule has 0 unspecified atom stereocenters. The molecule has 0 N–H and O–H groups in total. The molecule has 1 aromatic heterocycles. The number of hydrogen-bond acceptors (Lipinski definition) is 3. The molecule has 138 valence electrons. The third kappa shape index (κ3) is 4.42. The van der Waals surface area contributed by atoms with Crippen LogP contribution < -0.4 is 0 Å². The molecule has 0 aromatic carbocycles. The van der Waals surface area contributed by atoms with E-state index in [1.54, 1.807) is 7.11 Å². The number of carbonyl (C=O) groups excluding carboxylic acids is 2. The van der Waals surface area contributed by atoms with Crippen LogP contribution in [0, 0.1) is 5.92 Å². The Labute approximate surface area is 149 Å². The molecule has 2 amide bonds. The van der Waals surface area contributed by atoms with Crippen molar-refractivity contribution in [1.82, 2.24) is 14.4 Å². The summed E-state index contributed by atoms with van der Waals surface area (Å²) in [4.78, 5) is 28.9. The van der Waals surface area contributed by atoms with Gasteiger partial charge in [-0.3, -0.25) is 9.59 Å². The van der Waals surface area contributed by atoms with E-state index in [-0.39, 0.29) is 11.8 Å². The van der Waals surface area contributed by atoms with Crippen molar-refractivity contribution >= 4 is 11.8 Å². The summed E-state index contributed by atoms with van der Waals surface area (Å²) in [6.07, 6.45) is 7.83. The maximum Gasteiger partial charge on any atom is 0.224 e. The second-order valence-electron chi connectivity index (χ2n) is 7.10. The van der Waals surface area contributed by atoms with Gasteiger partial charge in [0.2, 0.25) is 11.8 Å². The second-order valence-corrected chi connectivity index (χ2v) is 7.10. The molecule has 0 aliphatic carbocycles. The van der Waals surface area contributed by atoms with Crippen molar-refractivity contribution in [3.63, 3.8) is 0 Å². The molecule has 1 aromatic rings. The van der Waals surface area contributed by atoms with Gasteiger partial charge in [-0.15, -0.1) is 0 Å². The zero-order valence-corrected chi connectivity index (χ0v) is 15.1. The van der Waals surface area contributed by atoms with E-state index in [1.807, 2.05) is 34.0 Å². The molecule has 3 rings (SSSR count). The van der Waals surface area contributed by atoms with Crippen LogP contribution in [-0.4, -0.2) is 65.6 Å². The first-order chi connectivity index (χ1) is 12.2. The predicted octanol–water partition coefficient (Wildman–Crippen LogP) is 1.75. The summed E-state index contributed by atoms with van der Waals surface area (Å²) >= 11 is 0. The van der Waals surface area contributed by atoms with Gasteiger partial charge in [0.05, 0.1) is 0 Å². The van der Waals surface area contributed by atoms with E-state index in [0.717, 1.165) is 45.4 Å². The van der Waals surface area contributed by atoms with E-state index in [1.165, 1.54) is 0 Å². The van der Waals surface area contributed by atoms with Crippen molar-refractivity contribution in [1.29, 1.82) is 0 Å². The summed E-state index contributed by atoms with van der Waals surface area (Å²) in [5.74, 6) is 0.921. The Morgan fingerprint density at radius 3 is 2.80 bits per heavy atom. The maximum atomic E-state index is 12.5. The Balaban J connectivity index is 1.52. The van der Waals surface area contributed by atoms with Crippen molar-refractivity contribution in [3.05, 3.63) is 24.5 Å². The number of aromatic nitrogens is 1. The van der Waals surface area contributed by atoms with Crippen LogP contribution in [0.1, 0.15) is 32.1 Å². The lowest BCUT2D eigenvalue weighted by atomic mass is 9.83. The summed E-state index contributed by atoms with van der Waals surface area (Å²) < 4.78 is 7.16. The van der Waals surface area contributed by atoms with Crippen LogP contribution in [0.2, 0.25) is 0 Å². The van der Waals surface area contributed by atoms with Crippen molar-refractivity contribution in [2.24, 2.45) is 5.92 Å². The molecule has 0 saturated carbocycles. The van der Waals surface area contributed by atoms with Crippen molar-refractivity contribution in [2.45, 2.75) is 44.7 Å². The summed E-state index contributed by atoms with van der Waals surface area (Å²) in [6.45, 7) is 3.75. The quantitative estimate of drug-likeness (QED) is 0.706. The first-order valence-electron chi connectivity index (χ1n) is 9.36. The van der Waals surface area contributed by atoms with Gasteiger partial charge >= 0.3 is 0 Å². The topological polar surface area (TPSA) is 54.8 Å². The van der Waals surface area contributed by atoms with E-state index in [4.69, 9.17) is 4.74 Å². The SMILES string of the molecule is COCCCN1C(=O)CC[C@H]2CN(C(=O)CCn3cccc3)CC[C@H]21. The predicted molar refractivity (Wildman–Crippen MR) is 95.0 cm³/mol. The standard InChI is InChI=1S/C19H29N3O3/c1-25-14-4-11-22-17-7-13-21(15-16(17)5-6-19(22)24)18(23)8-12-20-9-2-3-10-20/h2-3,9-10,16-17H,4-8,11-15H2,1H3/t16-,17+/m0/s1. The summed E-state index contributed by atoms with van der Waals surface area (Å²) in [5, 5.41) is 0. The number of piperidine rings is 2. The Hall–Kier alpha value is -1.82. The van der Waals surface area contributed by atoms with Gasteiger partial charge in [-0.05, 0) is 37.3 Å². The number of ether oxygens (including phenoxy) is 1. The van der Waals surface area contributed by atoms with E-state index in [9.17, 15) is 9.59 Å². The van der Waals surface area contributed by atoms with Crippen molar-refractivity contribution < 1.29 is 14.3 Å². The second kappa shape index (κ2) is 8.52. The zero-order valence-electron chi connectivity index (χ0n) is 15.1. The molecule has 0 bridgehead atoms. The van der Waals surface area contributed by atoms with Crippen molar-refractivity contribution in [3.8, 4) is 0 Å². The summed E-state index contributed by atoms with van der Waals surface area (Å²) in [5.41, 5.74) is 0. The van der Waals surface area contributed by atoms with E-state index in [0.29, 0.717) is 31.4 Å². The molecule has 2 aliphatic heterocycles. The van der Waals surface area contributed by atoms with Gasteiger partial charge in [-0.1, -0.05) is 0 Å². The number of nitrogens with zero attached hydrogens (tertiary/aromatic N) is 3. The monoisotopic (exact) mass is 347 g/mol. The minimum absolute atomic E-state index is 0.231. The van der Waals surface area contributed by atoms with Crippen molar-refractivity contribution in [2.75, 3.05) is 33.4 Å². The molecule has 3 heterocycles. The molecule has 2 fully saturated rings. The largest absolute Gasteiger partial charge is 0.385 e. The van der Waals surface area contributed by atoms with Gasteiger partial charge < -0.3 is 19.1 Å². The van der Waals surface area contributed by atoms with E-state index >= 15 is 0 Å². The number of carbonyl (C=O) groups is 2. The van der Waals surface area contributed by atoms with Crippen LogP contribution in [0.4, 0.5) is 0 Å². The fraction of sp³-hybridized carbons (Fsp3) is 0.684. The van der Waals surface area contributed by atoms with Crippen LogP contribution in [0.5, 0.6) is 0 Å². The smallest absolute Gasteiger partial charge is 0.224 e. The van der Waals surface area contributed by atoms with Crippen LogP contribution in [0.15, 0.2) is 24.5 Å². The van der Waals surface area contributed by atoms with Gasteiger partial charge in [-0.2, -0.15) is 0 Å². The number of aryl methyl sites for hydroxylation is 1. The average Bonchev–Trinajstić information content (AvgIpc) is 3.15. The lowest BCUT2D eigenvalue weighted by molar-refractivity contribution is -0.144. The Bertz CT molecular complexity index is 572. The lowest BCUT2D eigenvalue weighted by Gasteiger charge is -2.47. The number of likely N-dealkylation sites (tertiary alicyclic amines) is 2. The first-order valence-corrected chi connectivity index (χ1v) is 9.36. The van der Waals surface area contributed by atoms with Crippen LogP contribution in [0.3, 0.4) is 0 Å². The molecular formula is C19H29N3O3. The highest BCUT2D eigenvalue weighted by Gasteiger charge is 2.39. The van der Waals surface area contributed by atoms with Gasteiger partial charge in [0.1, 0.15) is 0 Å². The van der Waals surface area contributed by atoms with Crippen LogP contribution in [-0.2, 0) is 20.9 Å². The number of methoxy groups -OCH3 is 1. The minimum atomic E-state index is 0.231. The molecule has 2 saturated heterocycles. The molecule has 25 heavy (non-hydrogen) atoms. The highest BCUT2D eigenvalue weighted by Crippen LogP contribution is 2.31. The Morgan fingerprint density at radius 2 is 2.04 bits per heavy atom. The van der Waals surface area contributed by atoms with E-state index in [2.05, 4.69) is 4.90 Å². The highest BCUT2D eigenvalue weighted by atomic mass is 16.5. The number of hydrogen-bond donors (Lipinski definition) is 0. The molecule has 0 radical (unpaired) electrons. The normalized spacial score (nSPS) is 23.6. The summed E-state index contributed by atoms with van der Waals surface area (Å²) in [6, 6.07) is 4.26. The van der Waals surface area contributed by atoms with Crippen LogP contribution >= 0.6 is 0 Å². The van der Waals surface area contributed by atoms with Crippen LogP contribution in [0.25, 0.3) is 0 Å². The number of fused-ring (bicyclic) bond motifs is 1. The first kappa shape index (κ1) is 18.0. The molecule has 6 heteroatoms. The van der Waals surface area contributed by atoms with Gasteiger partial charge in [0, 0.05) is 71.2 Å². The van der Waals surface area contributed by atoms with E-state index < -0.39 is 0 Å². The van der Waals surface area contributed by atoms with Gasteiger partial charge in [0.15, 0.2) is 0 Å². The molecular weight excluding hydrogens is 318 g/mol. The maximum absolute atomic E-state index is 12.5. The molecule has 2 atom stereocenters. The lowest BCUT2D eigenvalue weighted by Crippen LogP contribution is -2.57. The van der Waals surface area contributed by atoms with Gasteiger partial charge in [-0.25, -0.2) is 0 Å². The molecule has 2 aliphatic rings. The average molecular weight is 347 g/mol. The summed E-state index contributed by atoms with van der Waals surface area (Å²) in [7, 11) is 1.69. The molecule has 0 spiro atoms. The number of amides is 2. The Kier molecular flexibility index (Phi) is 6.13. The minimum Gasteiger partial charge on any atom is -0.385 e. The third-order valence-corrected chi connectivity index (χ3v) is 5.49.